The second-order valence-corrected chi connectivity index (χ2v) is 5.46. The summed E-state index contributed by atoms with van der Waals surface area (Å²) in [5, 5.41) is 5.52. The molecule has 1 fully saturated rings. The number of ether oxygens (including phenoxy) is 1. The van der Waals surface area contributed by atoms with Crippen LogP contribution in [0.2, 0.25) is 0 Å². The van der Waals surface area contributed by atoms with Crippen molar-refractivity contribution in [2.45, 2.75) is 25.8 Å². The Balaban J connectivity index is 1.82. The van der Waals surface area contributed by atoms with Crippen molar-refractivity contribution < 1.29 is 14.3 Å². The molecule has 0 aromatic heterocycles. The Hall–Kier alpha value is -1.88. The summed E-state index contributed by atoms with van der Waals surface area (Å²) in [6.45, 7) is 5.02. The highest BCUT2D eigenvalue weighted by Gasteiger charge is 2.31. The van der Waals surface area contributed by atoms with Gasteiger partial charge in [0.2, 0.25) is 5.91 Å². The van der Waals surface area contributed by atoms with Crippen molar-refractivity contribution in [1.82, 2.24) is 10.6 Å². The van der Waals surface area contributed by atoms with Gasteiger partial charge in [0.25, 0.3) is 5.91 Å². The first-order valence-corrected chi connectivity index (χ1v) is 6.72. The molecule has 1 atom stereocenters. The van der Waals surface area contributed by atoms with Crippen LogP contribution in [-0.2, 0) is 9.53 Å². The first-order valence-electron chi connectivity index (χ1n) is 6.72. The lowest BCUT2D eigenvalue weighted by Gasteiger charge is -2.23. The number of carbonyl (C=O) groups is 2. The maximum atomic E-state index is 11.9. The van der Waals surface area contributed by atoms with E-state index in [2.05, 4.69) is 10.6 Å². The lowest BCUT2D eigenvalue weighted by molar-refractivity contribution is -0.121. The number of hydrogen-bond acceptors (Lipinski definition) is 3. The highest BCUT2D eigenvalue weighted by Crippen LogP contribution is 2.16. The van der Waals surface area contributed by atoms with Gasteiger partial charge < -0.3 is 15.4 Å². The molecule has 1 aromatic rings. The number of benzene rings is 1. The molecule has 0 bridgehead atoms. The maximum Gasteiger partial charge on any atom is 0.251 e. The number of nitrogens with one attached hydrogen (secondary N) is 2. The van der Waals surface area contributed by atoms with Crippen molar-refractivity contribution in [2.75, 3.05) is 19.8 Å². The standard InChI is InChI=1S/C15H20N2O3/c1-11-4-3-5-12(8-11)14(19)16-9-13(18)17-15(2)6-7-20-10-15/h3-5,8H,6-7,9-10H2,1-2H3,(H,16,19)(H,17,18)/t15-/m0/s1. The zero-order valence-electron chi connectivity index (χ0n) is 11.9. The Morgan fingerprint density at radius 3 is 2.85 bits per heavy atom. The Morgan fingerprint density at radius 2 is 2.20 bits per heavy atom. The van der Waals surface area contributed by atoms with E-state index in [-0.39, 0.29) is 23.9 Å². The lowest BCUT2D eigenvalue weighted by atomic mass is 10.0. The molecule has 2 amide bonds. The van der Waals surface area contributed by atoms with E-state index in [1.165, 1.54) is 0 Å². The Morgan fingerprint density at radius 1 is 1.40 bits per heavy atom. The smallest absolute Gasteiger partial charge is 0.251 e. The van der Waals surface area contributed by atoms with Crippen LogP contribution < -0.4 is 10.6 Å². The van der Waals surface area contributed by atoms with E-state index < -0.39 is 0 Å². The predicted octanol–water partition coefficient (Wildman–Crippen LogP) is 1.02. The van der Waals surface area contributed by atoms with Crippen molar-refractivity contribution in [2.24, 2.45) is 0 Å². The molecule has 1 heterocycles. The Kier molecular flexibility index (Phi) is 4.39. The minimum Gasteiger partial charge on any atom is -0.379 e. The molecule has 0 aliphatic carbocycles. The van der Waals surface area contributed by atoms with Gasteiger partial charge in [-0.05, 0) is 32.4 Å². The van der Waals surface area contributed by atoms with Crippen molar-refractivity contribution in [3.8, 4) is 0 Å². The van der Waals surface area contributed by atoms with Crippen LogP contribution in [0.25, 0.3) is 0 Å². The van der Waals surface area contributed by atoms with Crippen LogP contribution in [0.15, 0.2) is 24.3 Å². The summed E-state index contributed by atoms with van der Waals surface area (Å²) in [6, 6.07) is 7.26. The molecule has 0 saturated carbocycles. The number of rotatable bonds is 4. The average molecular weight is 276 g/mol. The zero-order valence-corrected chi connectivity index (χ0v) is 11.9. The second kappa shape index (κ2) is 6.05. The molecule has 1 aliphatic heterocycles. The summed E-state index contributed by atoms with van der Waals surface area (Å²) in [5.41, 5.74) is 1.26. The Bertz CT molecular complexity index is 508. The van der Waals surface area contributed by atoms with Crippen molar-refractivity contribution >= 4 is 11.8 Å². The van der Waals surface area contributed by atoms with Gasteiger partial charge in [-0.25, -0.2) is 0 Å². The quantitative estimate of drug-likeness (QED) is 0.863. The molecular weight excluding hydrogens is 256 g/mol. The molecule has 5 nitrogen and oxygen atoms in total. The van der Waals surface area contributed by atoms with Crippen LogP contribution in [0, 0.1) is 6.92 Å². The largest absolute Gasteiger partial charge is 0.379 e. The summed E-state index contributed by atoms with van der Waals surface area (Å²) in [5.74, 6) is -0.435. The minimum atomic E-state index is -0.314. The van der Waals surface area contributed by atoms with Crippen LogP contribution in [0.1, 0.15) is 29.3 Å². The van der Waals surface area contributed by atoms with E-state index >= 15 is 0 Å². The van der Waals surface area contributed by atoms with Gasteiger partial charge in [-0.2, -0.15) is 0 Å². The fraction of sp³-hybridized carbons (Fsp3) is 0.467. The highest BCUT2D eigenvalue weighted by molar-refractivity contribution is 5.96. The maximum absolute atomic E-state index is 11.9. The first-order chi connectivity index (χ1) is 9.48. The van der Waals surface area contributed by atoms with Crippen LogP contribution in [-0.4, -0.2) is 37.1 Å². The van der Waals surface area contributed by atoms with Gasteiger partial charge in [0, 0.05) is 12.2 Å². The van der Waals surface area contributed by atoms with Crippen molar-refractivity contribution in [3.05, 3.63) is 35.4 Å². The molecule has 1 aliphatic rings. The number of carbonyl (C=O) groups excluding carboxylic acids is 2. The number of aryl methyl sites for hydroxylation is 1. The number of hydrogen-bond donors (Lipinski definition) is 2. The van der Waals surface area contributed by atoms with E-state index in [1.54, 1.807) is 12.1 Å². The van der Waals surface area contributed by atoms with Crippen LogP contribution in [0.3, 0.4) is 0 Å². The fourth-order valence-electron chi connectivity index (χ4n) is 2.20. The van der Waals surface area contributed by atoms with Gasteiger partial charge in [-0.3, -0.25) is 9.59 Å². The normalized spacial score (nSPS) is 21.5. The third-order valence-corrected chi connectivity index (χ3v) is 3.35. The molecule has 0 spiro atoms. The van der Waals surface area contributed by atoms with Crippen molar-refractivity contribution in [1.29, 1.82) is 0 Å². The Labute approximate surface area is 118 Å². The molecule has 108 valence electrons. The van der Waals surface area contributed by atoms with Crippen LogP contribution in [0.5, 0.6) is 0 Å². The second-order valence-electron chi connectivity index (χ2n) is 5.46. The molecule has 20 heavy (non-hydrogen) atoms. The van der Waals surface area contributed by atoms with Gasteiger partial charge in [0.05, 0.1) is 18.7 Å². The third-order valence-electron chi connectivity index (χ3n) is 3.35. The van der Waals surface area contributed by atoms with Crippen LogP contribution >= 0.6 is 0 Å². The van der Waals surface area contributed by atoms with E-state index in [0.29, 0.717) is 18.8 Å². The molecule has 2 N–H and O–H groups in total. The molecule has 1 saturated heterocycles. The van der Waals surface area contributed by atoms with Crippen LogP contribution in [0.4, 0.5) is 0 Å². The number of amides is 2. The highest BCUT2D eigenvalue weighted by atomic mass is 16.5. The first kappa shape index (κ1) is 14.5. The average Bonchev–Trinajstić information content (AvgIpc) is 2.82. The van der Waals surface area contributed by atoms with E-state index in [0.717, 1.165) is 12.0 Å². The van der Waals surface area contributed by atoms with Gasteiger partial charge in [0.1, 0.15) is 0 Å². The summed E-state index contributed by atoms with van der Waals surface area (Å²) >= 11 is 0. The fourth-order valence-corrected chi connectivity index (χ4v) is 2.20. The molecule has 0 unspecified atom stereocenters. The van der Waals surface area contributed by atoms with Gasteiger partial charge >= 0.3 is 0 Å². The van der Waals surface area contributed by atoms with Gasteiger partial charge in [0.15, 0.2) is 0 Å². The summed E-state index contributed by atoms with van der Waals surface area (Å²) in [4.78, 5) is 23.7. The van der Waals surface area contributed by atoms with E-state index in [9.17, 15) is 9.59 Å². The zero-order chi connectivity index (χ0) is 14.6. The van der Waals surface area contributed by atoms with Gasteiger partial charge in [-0.15, -0.1) is 0 Å². The molecule has 5 heteroatoms. The molecule has 1 aromatic carbocycles. The molecular formula is C15H20N2O3. The SMILES string of the molecule is Cc1cccc(C(=O)NCC(=O)N[C@@]2(C)CCOC2)c1. The minimum absolute atomic E-state index is 0.0254. The summed E-state index contributed by atoms with van der Waals surface area (Å²) in [7, 11) is 0. The topological polar surface area (TPSA) is 67.4 Å². The van der Waals surface area contributed by atoms with E-state index in [4.69, 9.17) is 4.74 Å². The third kappa shape index (κ3) is 3.81. The van der Waals surface area contributed by atoms with Gasteiger partial charge in [-0.1, -0.05) is 17.7 Å². The lowest BCUT2D eigenvalue weighted by Crippen LogP contribution is -2.50. The predicted molar refractivity (Wildman–Crippen MR) is 75.5 cm³/mol. The summed E-state index contributed by atoms with van der Waals surface area (Å²) < 4.78 is 5.27. The molecule has 0 radical (unpaired) electrons. The monoisotopic (exact) mass is 276 g/mol. The van der Waals surface area contributed by atoms with Crippen molar-refractivity contribution in [3.63, 3.8) is 0 Å². The van der Waals surface area contributed by atoms with E-state index in [1.807, 2.05) is 26.0 Å². The molecule has 2 rings (SSSR count). The summed E-state index contributed by atoms with van der Waals surface area (Å²) in [6.07, 6.45) is 0.796.